The molecule has 2 aromatic heterocycles. The molecule has 24 heavy (non-hydrogen) atoms. The summed E-state index contributed by atoms with van der Waals surface area (Å²) in [5, 5.41) is 8.32. The van der Waals surface area contributed by atoms with Gasteiger partial charge in [-0.25, -0.2) is 9.78 Å². The van der Waals surface area contributed by atoms with Crippen molar-refractivity contribution in [3.8, 4) is 17.0 Å². The predicted octanol–water partition coefficient (Wildman–Crippen LogP) is 3.22. The Balaban J connectivity index is 0.000000183. The summed E-state index contributed by atoms with van der Waals surface area (Å²) in [4.78, 5) is 18.0. The van der Waals surface area contributed by atoms with Gasteiger partial charge < -0.3 is 14.8 Å². The molecule has 1 aliphatic heterocycles. The molecular formula is C18H13IrN2O3-. The summed E-state index contributed by atoms with van der Waals surface area (Å²) in [6.45, 7) is 0.616. The van der Waals surface area contributed by atoms with Gasteiger partial charge >= 0.3 is 5.97 Å². The molecule has 123 valence electrons. The van der Waals surface area contributed by atoms with Crippen molar-refractivity contribution in [3.63, 3.8) is 0 Å². The second-order valence-electron chi connectivity index (χ2n) is 4.73. The Morgan fingerprint density at radius 1 is 1.08 bits per heavy atom. The van der Waals surface area contributed by atoms with Crippen LogP contribution in [-0.2, 0) is 26.7 Å². The van der Waals surface area contributed by atoms with Crippen molar-refractivity contribution in [1.82, 2.24) is 9.97 Å². The molecule has 1 N–H and O–H groups in total. The maximum atomic E-state index is 10.1. The van der Waals surface area contributed by atoms with Crippen LogP contribution in [0.25, 0.3) is 11.3 Å². The van der Waals surface area contributed by atoms with E-state index < -0.39 is 5.97 Å². The van der Waals surface area contributed by atoms with Gasteiger partial charge in [0.25, 0.3) is 0 Å². The first-order chi connectivity index (χ1) is 11.3. The van der Waals surface area contributed by atoms with Gasteiger partial charge in [0.15, 0.2) is 0 Å². The Morgan fingerprint density at radius 2 is 1.92 bits per heavy atom. The van der Waals surface area contributed by atoms with Crippen molar-refractivity contribution in [2.24, 2.45) is 0 Å². The van der Waals surface area contributed by atoms with Crippen molar-refractivity contribution in [1.29, 1.82) is 0 Å². The fraction of sp³-hybridized carbons (Fsp3) is 0.0556. The van der Waals surface area contributed by atoms with Crippen molar-refractivity contribution >= 4 is 5.97 Å². The number of rotatable bonds is 1. The summed E-state index contributed by atoms with van der Waals surface area (Å²) in [7, 11) is 0. The Morgan fingerprint density at radius 3 is 2.62 bits per heavy atom. The quantitative estimate of drug-likeness (QED) is 0.523. The zero-order valence-electron chi connectivity index (χ0n) is 12.5. The fourth-order valence-electron chi connectivity index (χ4n) is 2.15. The summed E-state index contributed by atoms with van der Waals surface area (Å²) in [6.07, 6.45) is 3.22. The number of hydrogen-bond acceptors (Lipinski definition) is 4. The largest absolute Gasteiger partial charge is 0.506 e. The number of carboxylic acid groups (broad SMARTS) is 1. The molecule has 0 saturated heterocycles. The van der Waals surface area contributed by atoms with Crippen LogP contribution in [0.5, 0.6) is 5.75 Å². The molecule has 0 atom stereocenters. The molecule has 0 fully saturated rings. The van der Waals surface area contributed by atoms with Gasteiger partial charge in [-0.1, -0.05) is 11.6 Å². The first-order valence-electron chi connectivity index (χ1n) is 6.98. The van der Waals surface area contributed by atoms with E-state index in [1.165, 1.54) is 12.3 Å². The van der Waals surface area contributed by atoms with Gasteiger partial charge in [0, 0.05) is 38.2 Å². The van der Waals surface area contributed by atoms with Crippen molar-refractivity contribution in [2.45, 2.75) is 6.61 Å². The second-order valence-corrected chi connectivity index (χ2v) is 4.73. The zero-order valence-corrected chi connectivity index (χ0v) is 14.9. The molecule has 1 radical (unpaired) electrons. The van der Waals surface area contributed by atoms with Crippen LogP contribution in [0.1, 0.15) is 16.1 Å². The molecule has 1 aliphatic rings. The maximum Gasteiger partial charge on any atom is 0.354 e. The van der Waals surface area contributed by atoms with Gasteiger partial charge in [-0.3, -0.25) is 0 Å². The summed E-state index contributed by atoms with van der Waals surface area (Å²) < 4.78 is 5.57. The fourth-order valence-corrected chi connectivity index (χ4v) is 2.15. The van der Waals surface area contributed by atoms with Crippen LogP contribution in [0.2, 0.25) is 0 Å². The molecule has 0 aliphatic carbocycles. The average molecular weight is 498 g/mol. The molecule has 4 rings (SSSR count). The molecule has 1 aromatic carbocycles. The Labute approximate surface area is 152 Å². The minimum Gasteiger partial charge on any atom is -0.506 e. The van der Waals surface area contributed by atoms with E-state index >= 15 is 0 Å². The van der Waals surface area contributed by atoms with Crippen LogP contribution in [-0.4, -0.2) is 21.0 Å². The van der Waals surface area contributed by atoms with E-state index in [1.54, 1.807) is 18.3 Å². The smallest absolute Gasteiger partial charge is 0.354 e. The number of nitrogens with zero attached hydrogens (tertiary/aromatic N) is 2. The molecule has 0 spiro atoms. The molecule has 0 saturated carbocycles. The minimum atomic E-state index is -0.990. The van der Waals surface area contributed by atoms with E-state index in [-0.39, 0.29) is 25.8 Å². The summed E-state index contributed by atoms with van der Waals surface area (Å²) in [6, 6.07) is 17.7. The Hall–Kier alpha value is -2.56. The molecule has 0 unspecified atom stereocenters. The van der Waals surface area contributed by atoms with Crippen LogP contribution < -0.4 is 4.74 Å². The van der Waals surface area contributed by atoms with Gasteiger partial charge in [-0.2, -0.15) is 0 Å². The number of carbonyl (C=O) groups is 1. The monoisotopic (exact) mass is 498 g/mol. The van der Waals surface area contributed by atoms with E-state index in [1.807, 2.05) is 30.3 Å². The first-order valence-corrected chi connectivity index (χ1v) is 6.98. The number of benzene rings is 1. The molecule has 0 amide bonds. The second kappa shape index (κ2) is 8.34. The number of carboxylic acids is 1. The van der Waals surface area contributed by atoms with Crippen LogP contribution in [0.15, 0.2) is 60.9 Å². The van der Waals surface area contributed by atoms with Crippen LogP contribution >= 0.6 is 0 Å². The van der Waals surface area contributed by atoms with E-state index in [0.717, 1.165) is 22.6 Å². The Bertz CT molecular complexity index is 780. The van der Waals surface area contributed by atoms with Crippen LogP contribution in [0.3, 0.4) is 0 Å². The number of hydrogen-bond donors (Lipinski definition) is 1. The maximum absolute atomic E-state index is 10.1. The SMILES string of the molecule is O=C(O)c1ccccn1.[Ir].[c-]1cccc2c1-c1ncccc1OC2. The molecule has 5 nitrogen and oxygen atoms in total. The summed E-state index contributed by atoms with van der Waals surface area (Å²) >= 11 is 0. The van der Waals surface area contributed by atoms with Crippen LogP contribution in [0.4, 0.5) is 0 Å². The summed E-state index contributed by atoms with van der Waals surface area (Å²) in [5.74, 6) is -0.141. The molecule has 3 aromatic rings. The summed E-state index contributed by atoms with van der Waals surface area (Å²) in [5.41, 5.74) is 3.19. The number of pyridine rings is 2. The van der Waals surface area contributed by atoms with E-state index in [9.17, 15) is 4.79 Å². The minimum absolute atomic E-state index is 0. The van der Waals surface area contributed by atoms with Crippen LogP contribution in [0, 0.1) is 6.07 Å². The average Bonchev–Trinajstić information content (AvgIpc) is 2.63. The molecular weight excluding hydrogens is 484 g/mol. The zero-order chi connectivity index (χ0) is 16.1. The van der Waals surface area contributed by atoms with Gasteiger partial charge in [0.05, 0.1) is 6.61 Å². The predicted molar refractivity (Wildman–Crippen MR) is 84.0 cm³/mol. The third-order valence-electron chi connectivity index (χ3n) is 3.22. The molecule has 3 heterocycles. The van der Waals surface area contributed by atoms with E-state index in [4.69, 9.17) is 9.84 Å². The Kier molecular flexibility index (Phi) is 6.18. The van der Waals surface area contributed by atoms with Gasteiger partial charge in [-0.05, 0) is 24.3 Å². The first kappa shape index (κ1) is 17.8. The topological polar surface area (TPSA) is 72.3 Å². The molecule has 6 heteroatoms. The number of aromatic carboxylic acids is 1. The molecule has 0 bridgehead atoms. The van der Waals surface area contributed by atoms with E-state index in [0.29, 0.717) is 6.61 Å². The normalized spacial score (nSPS) is 10.7. The number of aromatic nitrogens is 2. The third-order valence-corrected chi connectivity index (χ3v) is 3.22. The van der Waals surface area contributed by atoms with Crippen molar-refractivity contribution in [2.75, 3.05) is 0 Å². The van der Waals surface area contributed by atoms with Gasteiger partial charge in [-0.15, -0.1) is 29.8 Å². The number of ether oxygens (including phenoxy) is 1. The van der Waals surface area contributed by atoms with E-state index in [2.05, 4.69) is 16.0 Å². The van der Waals surface area contributed by atoms with Crippen molar-refractivity contribution in [3.05, 3.63) is 78.2 Å². The third kappa shape index (κ3) is 4.04. The van der Waals surface area contributed by atoms with Gasteiger partial charge in [0.1, 0.15) is 11.4 Å². The van der Waals surface area contributed by atoms with Gasteiger partial charge in [0.2, 0.25) is 0 Å². The van der Waals surface area contributed by atoms with Crippen molar-refractivity contribution < 1.29 is 34.7 Å². The number of fused-ring (bicyclic) bond motifs is 3. The standard InChI is InChI=1S/C12H8NO.C6H5NO2.Ir/c1-2-5-10-9(4-1)8-14-11-6-3-7-13-12(10)11;8-6(9)5-3-1-2-4-7-5;/h1-4,6-7H,8H2;1-4H,(H,8,9);/q-1;;.